The summed E-state index contributed by atoms with van der Waals surface area (Å²) in [7, 11) is 0. The number of nitrogens with two attached hydrogens (primary N) is 1. The molecular weight excluding hydrogens is 326 g/mol. The van der Waals surface area contributed by atoms with E-state index >= 15 is 0 Å². The molecule has 0 saturated carbocycles. The van der Waals surface area contributed by atoms with Gasteiger partial charge in [-0.05, 0) is 25.0 Å². The highest BCUT2D eigenvalue weighted by Gasteiger charge is 2.25. The molecule has 0 aliphatic carbocycles. The van der Waals surface area contributed by atoms with Crippen molar-refractivity contribution in [2.45, 2.75) is 76.9 Å². The van der Waals surface area contributed by atoms with E-state index < -0.39 is 0 Å². The molecule has 1 aromatic carbocycles. The summed E-state index contributed by atoms with van der Waals surface area (Å²) in [6.07, 6.45) is 11.8. The molecule has 2 N–H and O–H groups in total. The molecule has 3 heteroatoms. The van der Waals surface area contributed by atoms with Gasteiger partial charge >= 0.3 is 0 Å². The molecule has 2 nitrogen and oxygen atoms in total. The van der Waals surface area contributed by atoms with Crippen molar-refractivity contribution in [3.63, 3.8) is 0 Å². The molecule has 21 heavy (non-hydrogen) atoms. The van der Waals surface area contributed by atoms with Crippen LogP contribution in [0.4, 0.5) is 0 Å². The fraction of sp³-hybridized carbons (Fsp3) is 0.667. The number of hydrogen-bond donors (Lipinski definition) is 1. The second-order valence-corrected chi connectivity index (χ2v) is 7.09. The van der Waals surface area contributed by atoms with Gasteiger partial charge in [-0.15, -0.1) is 0 Å². The van der Waals surface area contributed by atoms with Gasteiger partial charge < -0.3 is 10.5 Å². The van der Waals surface area contributed by atoms with Crippen molar-refractivity contribution in [3.05, 3.63) is 28.2 Å². The largest absolute Gasteiger partial charge is 0.490 e. The molecule has 0 fully saturated rings. The number of ether oxygens (including phenoxy) is 1. The van der Waals surface area contributed by atoms with Gasteiger partial charge in [0.05, 0.1) is 0 Å². The van der Waals surface area contributed by atoms with Crippen LogP contribution >= 0.6 is 15.9 Å². The van der Waals surface area contributed by atoms with Crippen LogP contribution in [-0.2, 0) is 0 Å². The molecule has 2 atom stereocenters. The monoisotopic (exact) mass is 353 g/mol. The molecule has 0 amide bonds. The number of hydrogen-bond acceptors (Lipinski definition) is 2. The summed E-state index contributed by atoms with van der Waals surface area (Å²) in [5.74, 6) is 0.969. The first-order valence-corrected chi connectivity index (χ1v) is 9.21. The zero-order valence-electron chi connectivity index (χ0n) is 13.1. The van der Waals surface area contributed by atoms with Gasteiger partial charge in [-0.2, -0.15) is 0 Å². The lowest BCUT2D eigenvalue weighted by Crippen LogP contribution is -2.29. The van der Waals surface area contributed by atoms with Crippen LogP contribution < -0.4 is 10.5 Å². The molecule has 1 aromatic rings. The third-order valence-corrected chi connectivity index (χ3v) is 4.81. The predicted molar refractivity (Wildman–Crippen MR) is 92.7 cm³/mol. The Kier molecular flexibility index (Phi) is 7.05. The van der Waals surface area contributed by atoms with Crippen molar-refractivity contribution in [2.75, 3.05) is 0 Å². The summed E-state index contributed by atoms with van der Waals surface area (Å²) in [5, 5.41) is 0. The SMILES string of the molecule is CCCCCCCCCC1C[C@@H](N)c2ccc(Br)cc2O1. The Morgan fingerprint density at radius 3 is 2.62 bits per heavy atom. The van der Waals surface area contributed by atoms with Crippen LogP contribution in [0.15, 0.2) is 22.7 Å². The molecule has 0 saturated heterocycles. The van der Waals surface area contributed by atoms with Crippen molar-refractivity contribution in [3.8, 4) is 5.75 Å². The van der Waals surface area contributed by atoms with E-state index in [0.29, 0.717) is 0 Å². The number of benzene rings is 1. The predicted octanol–water partition coefficient (Wildman–Crippen LogP) is 5.74. The average Bonchev–Trinajstić information content (AvgIpc) is 2.46. The molecule has 0 spiro atoms. The lowest BCUT2D eigenvalue weighted by molar-refractivity contribution is 0.146. The van der Waals surface area contributed by atoms with Gasteiger partial charge in [-0.25, -0.2) is 0 Å². The Morgan fingerprint density at radius 2 is 1.86 bits per heavy atom. The Labute approximate surface area is 137 Å². The Balaban J connectivity index is 1.71. The standard InChI is InChI=1S/C18H28BrNO/c1-2-3-4-5-6-7-8-9-15-13-17(20)16-11-10-14(19)12-18(16)21-15/h10-12,15,17H,2-9,13,20H2,1H3/t15?,17-/m1/s1. The number of unbranched alkanes of at least 4 members (excludes halogenated alkanes) is 6. The fourth-order valence-electron chi connectivity index (χ4n) is 3.06. The minimum Gasteiger partial charge on any atom is -0.490 e. The van der Waals surface area contributed by atoms with Crippen LogP contribution in [0.1, 0.15) is 76.3 Å². The van der Waals surface area contributed by atoms with Crippen LogP contribution in [0.2, 0.25) is 0 Å². The Morgan fingerprint density at radius 1 is 1.14 bits per heavy atom. The Hall–Kier alpha value is -0.540. The second-order valence-electron chi connectivity index (χ2n) is 6.17. The number of halogens is 1. The first kappa shape index (κ1) is 16.8. The lowest BCUT2D eigenvalue weighted by Gasteiger charge is -2.30. The molecule has 0 aromatic heterocycles. The van der Waals surface area contributed by atoms with E-state index in [1.807, 2.05) is 12.1 Å². The molecular formula is C18H28BrNO. The Bertz CT molecular complexity index is 435. The second kappa shape index (κ2) is 8.79. The highest BCUT2D eigenvalue weighted by atomic mass is 79.9. The zero-order chi connectivity index (χ0) is 15.1. The number of fused-ring (bicyclic) bond motifs is 1. The van der Waals surface area contributed by atoms with Gasteiger partial charge in [0.2, 0.25) is 0 Å². The first-order chi connectivity index (χ1) is 10.2. The molecule has 1 aliphatic heterocycles. The van der Waals surface area contributed by atoms with E-state index in [1.165, 1.54) is 44.9 Å². The summed E-state index contributed by atoms with van der Waals surface area (Å²) in [5.41, 5.74) is 7.42. The van der Waals surface area contributed by atoms with Gasteiger partial charge in [0, 0.05) is 22.5 Å². The van der Waals surface area contributed by atoms with Crippen molar-refractivity contribution in [1.29, 1.82) is 0 Å². The lowest BCUT2D eigenvalue weighted by atomic mass is 9.94. The molecule has 2 rings (SSSR count). The summed E-state index contributed by atoms with van der Waals surface area (Å²) in [4.78, 5) is 0. The maximum atomic E-state index is 6.28. The molecule has 1 unspecified atom stereocenters. The maximum Gasteiger partial charge on any atom is 0.125 e. The summed E-state index contributed by atoms with van der Waals surface area (Å²) < 4.78 is 7.18. The quantitative estimate of drug-likeness (QED) is 0.604. The average molecular weight is 354 g/mol. The van der Waals surface area contributed by atoms with Crippen LogP contribution in [0, 0.1) is 0 Å². The number of rotatable bonds is 8. The molecule has 1 heterocycles. The van der Waals surface area contributed by atoms with Gasteiger partial charge in [-0.3, -0.25) is 0 Å². The van der Waals surface area contributed by atoms with E-state index in [0.717, 1.165) is 28.6 Å². The van der Waals surface area contributed by atoms with Crippen molar-refractivity contribution in [1.82, 2.24) is 0 Å². The maximum absolute atomic E-state index is 6.28. The first-order valence-electron chi connectivity index (χ1n) is 8.42. The molecule has 0 bridgehead atoms. The van der Waals surface area contributed by atoms with E-state index in [9.17, 15) is 0 Å². The van der Waals surface area contributed by atoms with Crippen molar-refractivity contribution in [2.24, 2.45) is 5.73 Å². The van der Waals surface area contributed by atoms with Crippen molar-refractivity contribution < 1.29 is 4.74 Å². The van der Waals surface area contributed by atoms with E-state index in [2.05, 4.69) is 28.9 Å². The van der Waals surface area contributed by atoms with Crippen LogP contribution in [0.25, 0.3) is 0 Å². The fourth-order valence-corrected chi connectivity index (χ4v) is 3.40. The minimum absolute atomic E-state index is 0.122. The van der Waals surface area contributed by atoms with Gasteiger partial charge in [0.15, 0.2) is 0 Å². The molecule has 0 radical (unpaired) electrons. The third-order valence-electron chi connectivity index (χ3n) is 4.32. The normalized spacial score (nSPS) is 20.9. The highest BCUT2D eigenvalue weighted by molar-refractivity contribution is 9.10. The van der Waals surface area contributed by atoms with E-state index in [4.69, 9.17) is 10.5 Å². The van der Waals surface area contributed by atoms with E-state index in [1.54, 1.807) is 0 Å². The topological polar surface area (TPSA) is 35.2 Å². The third kappa shape index (κ3) is 5.30. The van der Waals surface area contributed by atoms with Gasteiger partial charge in [-0.1, -0.05) is 67.4 Å². The summed E-state index contributed by atoms with van der Waals surface area (Å²) in [6.45, 7) is 2.26. The van der Waals surface area contributed by atoms with Crippen LogP contribution in [0.5, 0.6) is 5.75 Å². The van der Waals surface area contributed by atoms with Gasteiger partial charge in [0.25, 0.3) is 0 Å². The zero-order valence-corrected chi connectivity index (χ0v) is 14.7. The highest BCUT2D eigenvalue weighted by Crippen LogP contribution is 2.36. The smallest absolute Gasteiger partial charge is 0.125 e. The summed E-state index contributed by atoms with van der Waals surface area (Å²) >= 11 is 3.50. The van der Waals surface area contributed by atoms with Crippen LogP contribution in [0.3, 0.4) is 0 Å². The van der Waals surface area contributed by atoms with Gasteiger partial charge in [0.1, 0.15) is 11.9 Å². The minimum atomic E-state index is 0.122. The van der Waals surface area contributed by atoms with Crippen LogP contribution in [-0.4, -0.2) is 6.10 Å². The molecule has 118 valence electrons. The summed E-state index contributed by atoms with van der Waals surface area (Å²) in [6, 6.07) is 6.29. The van der Waals surface area contributed by atoms with Crippen molar-refractivity contribution >= 4 is 15.9 Å². The van der Waals surface area contributed by atoms with E-state index in [-0.39, 0.29) is 12.1 Å². The molecule has 1 aliphatic rings.